The van der Waals surface area contributed by atoms with Gasteiger partial charge < -0.3 is 14.8 Å². The summed E-state index contributed by atoms with van der Waals surface area (Å²) in [6.45, 7) is 4.81. The number of ether oxygens (including phenoxy) is 2. The third-order valence-corrected chi connectivity index (χ3v) is 5.48. The predicted molar refractivity (Wildman–Crippen MR) is 99.0 cm³/mol. The molecule has 1 fully saturated rings. The van der Waals surface area contributed by atoms with Crippen molar-refractivity contribution in [3.8, 4) is 11.5 Å². The highest BCUT2D eigenvalue weighted by atomic mass is 16.5. The minimum Gasteiger partial charge on any atom is -0.497 e. The Balaban J connectivity index is 1.36. The van der Waals surface area contributed by atoms with Crippen molar-refractivity contribution in [2.45, 2.75) is 31.5 Å². The van der Waals surface area contributed by atoms with Crippen LogP contribution in [0.3, 0.4) is 0 Å². The number of methoxy groups -OCH3 is 1. The number of para-hydroxylation sites is 1. The zero-order chi connectivity index (χ0) is 17.1. The van der Waals surface area contributed by atoms with E-state index in [1.807, 2.05) is 12.1 Å². The van der Waals surface area contributed by atoms with Gasteiger partial charge in [-0.1, -0.05) is 30.3 Å². The van der Waals surface area contributed by atoms with Gasteiger partial charge in [-0.2, -0.15) is 0 Å². The van der Waals surface area contributed by atoms with Crippen LogP contribution in [-0.2, 0) is 13.1 Å². The SMILES string of the molecule is COc1cccc(CN2CCC3(CC2)COc2ccccc2CN3)c1. The van der Waals surface area contributed by atoms with E-state index in [0.717, 1.165) is 57.1 Å². The monoisotopic (exact) mass is 338 g/mol. The molecule has 4 nitrogen and oxygen atoms in total. The standard InChI is InChI=1S/C21H26N2O2/c1-24-19-7-4-5-17(13-19)15-23-11-9-21(10-12-23)16-25-20-8-3-2-6-18(20)14-22-21/h2-8,13,22H,9-12,14-16H2,1H3. The third kappa shape index (κ3) is 3.65. The first-order chi connectivity index (χ1) is 12.3. The average Bonchev–Trinajstić information content (AvgIpc) is 2.84. The van der Waals surface area contributed by atoms with Gasteiger partial charge in [-0.05, 0) is 36.6 Å². The largest absolute Gasteiger partial charge is 0.497 e. The molecule has 1 N–H and O–H groups in total. The number of piperidine rings is 1. The number of nitrogens with one attached hydrogen (secondary N) is 1. The van der Waals surface area contributed by atoms with Crippen LogP contribution in [0.15, 0.2) is 48.5 Å². The van der Waals surface area contributed by atoms with Gasteiger partial charge in [0.05, 0.1) is 12.6 Å². The molecule has 2 aromatic rings. The summed E-state index contributed by atoms with van der Waals surface area (Å²) < 4.78 is 11.5. The number of hydrogen-bond donors (Lipinski definition) is 1. The quantitative estimate of drug-likeness (QED) is 0.932. The van der Waals surface area contributed by atoms with Gasteiger partial charge in [0.25, 0.3) is 0 Å². The van der Waals surface area contributed by atoms with Crippen LogP contribution in [0.1, 0.15) is 24.0 Å². The fraction of sp³-hybridized carbons (Fsp3) is 0.429. The molecule has 0 atom stereocenters. The fourth-order valence-electron chi connectivity index (χ4n) is 3.83. The molecular weight excluding hydrogens is 312 g/mol. The van der Waals surface area contributed by atoms with Crippen LogP contribution < -0.4 is 14.8 Å². The molecule has 0 unspecified atom stereocenters. The first-order valence-corrected chi connectivity index (χ1v) is 9.07. The lowest BCUT2D eigenvalue weighted by Crippen LogP contribution is -2.55. The van der Waals surface area contributed by atoms with Crippen molar-refractivity contribution < 1.29 is 9.47 Å². The van der Waals surface area contributed by atoms with E-state index in [2.05, 4.69) is 46.6 Å². The van der Waals surface area contributed by atoms with Gasteiger partial charge in [-0.3, -0.25) is 4.90 Å². The number of benzene rings is 2. The lowest BCUT2D eigenvalue weighted by atomic mass is 9.88. The van der Waals surface area contributed by atoms with Crippen molar-refractivity contribution in [1.29, 1.82) is 0 Å². The van der Waals surface area contributed by atoms with Crippen molar-refractivity contribution in [2.24, 2.45) is 0 Å². The van der Waals surface area contributed by atoms with Crippen LogP contribution >= 0.6 is 0 Å². The van der Waals surface area contributed by atoms with Gasteiger partial charge >= 0.3 is 0 Å². The summed E-state index contributed by atoms with van der Waals surface area (Å²) in [6.07, 6.45) is 2.23. The van der Waals surface area contributed by atoms with Crippen LogP contribution in [0.5, 0.6) is 11.5 Å². The highest BCUT2D eigenvalue weighted by Crippen LogP contribution is 2.30. The minimum absolute atomic E-state index is 0.101. The van der Waals surface area contributed by atoms with Gasteiger partial charge in [-0.15, -0.1) is 0 Å². The Hall–Kier alpha value is -2.04. The lowest BCUT2D eigenvalue weighted by Gasteiger charge is -2.41. The number of hydrogen-bond acceptors (Lipinski definition) is 4. The molecule has 2 heterocycles. The molecule has 0 amide bonds. The summed E-state index contributed by atoms with van der Waals surface area (Å²) in [4.78, 5) is 2.53. The molecule has 1 saturated heterocycles. The lowest BCUT2D eigenvalue weighted by molar-refractivity contribution is 0.0903. The van der Waals surface area contributed by atoms with Crippen molar-refractivity contribution in [3.63, 3.8) is 0 Å². The Morgan fingerprint density at radius 2 is 1.96 bits per heavy atom. The molecule has 0 radical (unpaired) electrons. The summed E-state index contributed by atoms with van der Waals surface area (Å²) in [5.41, 5.74) is 2.68. The van der Waals surface area contributed by atoms with E-state index < -0.39 is 0 Å². The van der Waals surface area contributed by atoms with E-state index in [-0.39, 0.29) is 5.54 Å². The Kier molecular flexibility index (Phi) is 4.64. The number of nitrogens with zero attached hydrogens (tertiary/aromatic N) is 1. The van der Waals surface area contributed by atoms with Crippen LogP contribution in [-0.4, -0.2) is 37.2 Å². The fourth-order valence-corrected chi connectivity index (χ4v) is 3.83. The molecule has 0 aromatic heterocycles. The summed E-state index contributed by atoms with van der Waals surface area (Å²) in [7, 11) is 1.72. The number of likely N-dealkylation sites (tertiary alicyclic amines) is 1. The highest BCUT2D eigenvalue weighted by molar-refractivity contribution is 5.34. The Morgan fingerprint density at radius 1 is 1.12 bits per heavy atom. The van der Waals surface area contributed by atoms with Gasteiger partial charge in [0, 0.05) is 31.7 Å². The summed E-state index contributed by atoms with van der Waals surface area (Å²) in [6, 6.07) is 16.7. The van der Waals surface area contributed by atoms with E-state index in [9.17, 15) is 0 Å². The molecule has 4 rings (SSSR count). The van der Waals surface area contributed by atoms with Gasteiger partial charge in [0.2, 0.25) is 0 Å². The molecule has 0 saturated carbocycles. The van der Waals surface area contributed by atoms with Gasteiger partial charge in [0.15, 0.2) is 0 Å². The molecule has 132 valence electrons. The Morgan fingerprint density at radius 3 is 2.80 bits per heavy atom. The Bertz CT molecular complexity index is 694. The number of fused-ring (bicyclic) bond motifs is 1. The second kappa shape index (κ2) is 7.06. The molecule has 2 aliphatic heterocycles. The van der Waals surface area contributed by atoms with Gasteiger partial charge in [-0.25, -0.2) is 0 Å². The molecule has 2 aromatic carbocycles. The topological polar surface area (TPSA) is 33.7 Å². The molecule has 4 heteroatoms. The van der Waals surface area contributed by atoms with Crippen LogP contribution in [0, 0.1) is 0 Å². The summed E-state index contributed by atoms with van der Waals surface area (Å²) in [5, 5.41) is 3.78. The number of rotatable bonds is 3. The molecule has 0 bridgehead atoms. The Labute approximate surface area is 149 Å². The van der Waals surface area contributed by atoms with Gasteiger partial charge in [0.1, 0.15) is 18.1 Å². The summed E-state index contributed by atoms with van der Waals surface area (Å²) >= 11 is 0. The van der Waals surface area contributed by atoms with Crippen molar-refractivity contribution >= 4 is 0 Å². The van der Waals surface area contributed by atoms with Crippen LogP contribution in [0.2, 0.25) is 0 Å². The van der Waals surface area contributed by atoms with E-state index in [0.29, 0.717) is 0 Å². The predicted octanol–water partition coefficient (Wildman–Crippen LogP) is 3.21. The second-order valence-electron chi connectivity index (χ2n) is 7.16. The molecular formula is C21H26N2O2. The third-order valence-electron chi connectivity index (χ3n) is 5.48. The molecule has 2 aliphatic rings. The summed E-state index contributed by atoms with van der Waals surface area (Å²) in [5.74, 6) is 1.97. The average molecular weight is 338 g/mol. The molecule has 25 heavy (non-hydrogen) atoms. The van der Waals surface area contributed by atoms with Crippen LogP contribution in [0.25, 0.3) is 0 Å². The van der Waals surface area contributed by atoms with Crippen molar-refractivity contribution in [3.05, 3.63) is 59.7 Å². The van der Waals surface area contributed by atoms with E-state index >= 15 is 0 Å². The van der Waals surface area contributed by atoms with Crippen molar-refractivity contribution in [2.75, 3.05) is 26.8 Å². The normalized spacial score (nSPS) is 19.7. The highest BCUT2D eigenvalue weighted by Gasteiger charge is 2.36. The smallest absolute Gasteiger partial charge is 0.123 e. The maximum atomic E-state index is 6.13. The first-order valence-electron chi connectivity index (χ1n) is 9.07. The minimum atomic E-state index is 0.101. The van der Waals surface area contributed by atoms with E-state index in [4.69, 9.17) is 9.47 Å². The van der Waals surface area contributed by atoms with Crippen molar-refractivity contribution in [1.82, 2.24) is 10.2 Å². The zero-order valence-corrected chi connectivity index (χ0v) is 14.8. The maximum Gasteiger partial charge on any atom is 0.123 e. The van der Waals surface area contributed by atoms with Crippen LogP contribution in [0.4, 0.5) is 0 Å². The zero-order valence-electron chi connectivity index (χ0n) is 14.8. The molecule has 1 spiro atoms. The maximum absolute atomic E-state index is 6.13. The van der Waals surface area contributed by atoms with E-state index in [1.165, 1.54) is 11.1 Å². The first kappa shape index (κ1) is 16.4. The molecule has 0 aliphatic carbocycles. The van der Waals surface area contributed by atoms with E-state index in [1.54, 1.807) is 7.11 Å². The second-order valence-corrected chi connectivity index (χ2v) is 7.16.